The Morgan fingerprint density at radius 3 is 2.72 bits per heavy atom. The van der Waals surface area contributed by atoms with Gasteiger partial charge in [-0.25, -0.2) is 15.0 Å². The predicted molar refractivity (Wildman–Crippen MR) is 111 cm³/mol. The first-order valence-corrected chi connectivity index (χ1v) is 9.72. The topological polar surface area (TPSA) is 109 Å². The van der Waals surface area contributed by atoms with E-state index in [-0.39, 0.29) is 0 Å². The van der Waals surface area contributed by atoms with E-state index in [1.807, 2.05) is 23.7 Å². The number of nitrogens with one attached hydrogen (secondary N) is 2. The van der Waals surface area contributed by atoms with Crippen molar-refractivity contribution in [1.82, 2.24) is 40.1 Å². The Hall–Kier alpha value is -3.98. The monoisotopic (exact) mass is 396 g/mol. The molecule has 138 valence electrons. The van der Waals surface area contributed by atoms with E-state index in [4.69, 9.17) is 4.98 Å². The molecule has 6 aromatic heterocycles. The van der Waals surface area contributed by atoms with E-state index in [0.717, 1.165) is 49.3 Å². The molecule has 0 aromatic carbocycles. The van der Waals surface area contributed by atoms with Gasteiger partial charge in [-0.3, -0.25) is 15.1 Å². The number of H-pyrrole nitrogens is 2. The molecule has 6 aromatic rings. The van der Waals surface area contributed by atoms with Gasteiger partial charge in [0.1, 0.15) is 17.5 Å². The van der Waals surface area contributed by atoms with Gasteiger partial charge in [0, 0.05) is 40.0 Å². The summed E-state index contributed by atoms with van der Waals surface area (Å²) in [5.74, 6) is 0.679. The van der Waals surface area contributed by atoms with Crippen LogP contribution in [0.4, 0.5) is 0 Å². The van der Waals surface area contributed by atoms with E-state index in [2.05, 4.69) is 41.2 Å². The van der Waals surface area contributed by atoms with Gasteiger partial charge in [0.25, 0.3) is 0 Å². The number of aromatic nitrogens is 8. The zero-order valence-electron chi connectivity index (χ0n) is 14.9. The normalized spacial score (nSPS) is 11.4. The van der Waals surface area contributed by atoms with Crippen LogP contribution in [0, 0.1) is 0 Å². The van der Waals surface area contributed by atoms with Crippen LogP contribution in [0.1, 0.15) is 0 Å². The van der Waals surface area contributed by atoms with Crippen LogP contribution in [0.25, 0.3) is 55.2 Å². The number of rotatable bonds is 3. The van der Waals surface area contributed by atoms with Crippen LogP contribution in [0.15, 0.2) is 60.9 Å². The second-order valence-corrected chi connectivity index (χ2v) is 7.41. The highest BCUT2D eigenvalue weighted by Gasteiger charge is 2.16. The Bertz CT molecular complexity index is 1450. The maximum atomic E-state index is 4.85. The number of nitrogens with zero attached hydrogens (tertiary/aromatic N) is 6. The molecule has 8 nitrogen and oxygen atoms in total. The van der Waals surface area contributed by atoms with Crippen molar-refractivity contribution in [2.45, 2.75) is 0 Å². The molecule has 0 aliphatic heterocycles. The molecule has 0 radical (unpaired) electrons. The largest absolute Gasteiger partial charge is 0.335 e. The average molecular weight is 396 g/mol. The lowest BCUT2D eigenvalue weighted by molar-refractivity contribution is 1.10. The minimum Gasteiger partial charge on any atom is -0.335 e. The lowest BCUT2D eigenvalue weighted by atomic mass is 10.1. The van der Waals surface area contributed by atoms with E-state index >= 15 is 0 Å². The Morgan fingerprint density at radius 2 is 1.86 bits per heavy atom. The summed E-state index contributed by atoms with van der Waals surface area (Å²) >= 11 is 1.66. The number of imidazole rings is 1. The summed E-state index contributed by atoms with van der Waals surface area (Å²) < 4.78 is 0. The molecule has 9 heteroatoms. The van der Waals surface area contributed by atoms with Gasteiger partial charge in [-0.15, -0.1) is 11.3 Å². The quantitative estimate of drug-likeness (QED) is 0.466. The third kappa shape index (κ3) is 2.59. The van der Waals surface area contributed by atoms with Gasteiger partial charge in [0.15, 0.2) is 5.82 Å². The highest BCUT2D eigenvalue weighted by atomic mass is 32.1. The van der Waals surface area contributed by atoms with Gasteiger partial charge in [-0.2, -0.15) is 5.10 Å². The SMILES string of the molecule is c1csc(-c2cncc3[nH]c(-c4n[nH]c5cnc(-c6cncnc6)cc45)nc23)c1. The first kappa shape index (κ1) is 16.0. The molecule has 0 spiro atoms. The van der Waals surface area contributed by atoms with E-state index < -0.39 is 0 Å². The summed E-state index contributed by atoms with van der Waals surface area (Å²) in [5, 5.41) is 10.5. The second kappa shape index (κ2) is 6.28. The molecule has 0 amide bonds. The molecule has 0 aliphatic rings. The highest BCUT2D eigenvalue weighted by molar-refractivity contribution is 7.13. The molecular formula is C20H12N8S. The standard InChI is InChI=1S/C20H12N8S/c1-2-17(29-3-1)13-7-21-8-16-18(13)26-20(25-16)19-12-4-14(11-5-22-10-23-6-11)24-9-15(12)27-28-19/h1-10H,(H,25,26)(H,27,28). The first-order valence-electron chi connectivity index (χ1n) is 8.84. The Morgan fingerprint density at radius 1 is 0.931 bits per heavy atom. The minimum atomic E-state index is 0.679. The van der Waals surface area contributed by atoms with Crippen LogP contribution >= 0.6 is 11.3 Å². The highest BCUT2D eigenvalue weighted by Crippen LogP contribution is 2.33. The maximum Gasteiger partial charge on any atom is 0.159 e. The zero-order chi connectivity index (χ0) is 19.2. The molecule has 0 fully saturated rings. The van der Waals surface area contributed by atoms with Crippen LogP contribution < -0.4 is 0 Å². The lowest BCUT2D eigenvalue weighted by Gasteiger charge is -2.00. The summed E-state index contributed by atoms with van der Waals surface area (Å²) in [4.78, 5) is 26.3. The summed E-state index contributed by atoms with van der Waals surface area (Å²) in [7, 11) is 0. The van der Waals surface area contributed by atoms with Crippen molar-refractivity contribution < 1.29 is 0 Å². The fraction of sp³-hybridized carbons (Fsp3) is 0. The number of hydrogen-bond donors (Lipinski definition) is 2. The summed E-state index contributed by atoms with van der Waals surface area (Å²) in [6.07, 6.45) is 10.4. The molecule has 6 heterocycles. The van der Waals surface area contributed by atoms with Crippen molar-refractivity contribution in [3.05, 3.63) is 60.9 Å². The van der Waals surface area contributed by atoms with E-state index in [1.54, 1.807) is 36.1 Å². The van der Waals surface area contributed by atoms with E-state index in [9.17, 15) is 0 Å². The van der Waals surface area contributed by atoms with Gasteiger partial charge >= 0.3 is 0 Å². The molecule has 0 atom stereocenters. The zero-order valence-corrected chi connectivity index (χ0v) is 15.7. The fourth-order valence-electron chi connectivity index (χ4n) is 3.34. The first-order chi connectivity index (χ1) is 14.4. The third-order valence-electron chi connectivity index (χ3n) is 4.71. The van der Waals surface area contributed by atoms with Gasteiger partial charge < -0.3 is 4.98 Å². The molecule has 0 aliphatic carbocycles. The Balaban J connectivity index is 1.53. The smallest absolute Gasteiger partial charge is 0.159 e. The van der Waals surface area contributed by atoms with Crippen molar-refractivity contribution >= 4 is 33.3 Å². The second-order valence-electron chi connectivity index (χ2n) is 6.46. The number of fused-ring (bicyclic) bond motifs is 2. The predicted octanol–water partition coefficient (Wildman–Crippen LogP) is 4.08. The number of thiophene rings is 1. The van der Waals surface area contributed by atoms with Gasteiger partial charge in [0.2, 0.25) is 0 Å². The van der Waals surface area contributed by atoms with E-state index in [0.29, 0.717) is 5.82 Å². The third-order valence-corrected chi connectivity index (χ3v) is 5.61. The minimum absolute atomic E-state index is 0.679. The number of hydrogen-bond acceptors (Lipinski definition) is 7. The van der Waals surface area contributed by atoms with Crippen molar-refractivity contribution in [1.29, 1.82) is 0 Å². The van der Waals surface area contributed by atoms with Gasteiger partial charge in [0.05, 0.1) is 29.1 Å². The van der Waals surface area contributed by atoms with Crippen LogP contribution in [0.3, 0.4) is 0 Å². The fourth-order valence-corrected chi connectivity index (χ4v) is 4.08. The van der Waals surface area contributed by atoms with Gasteiger partial charge in [-0.1, -0.05) is 6.07 Å². The van der Waals surface area contributed by atoms with Crippen LogP contribution in [0.5, 0.6) is 0 Å². The molecular weight excluding hydrogens is 384 g/mol. The summed E-state index contributed by atoms with van der Waals surface area (Å²) in [5.41, 5.74) is 5.93. The summed E-state index contributed by atoms with van der Waals surface area (Å²) in [6, 6.07) is 6.06. The molecule has 2 N–H and O–H groups in total. The van der Waals surface area contributed by atoms with Crippen molar-refractivity contribution in [3.8, 4) is 33.2 Å². The van der Waals surface area contributed by atoms with Crippen LogP contribution in [0.2, 0.25) is 0 Å². The van der Waals surface area contributed by atoms with Crippen LogP contribution in [-0.2, 0) is 0 Å². The van der Waals surface area contributed by atoms with Crippen LogP contribution in [-0.4, -0.2) is 40.1 Å². The Labute approximate surface area is 167 Å². The Kier molecular flexibility index (Phi) is 3.47. The molecule has 0 unspecified atom stereocenters. The average Bonchev–Trinajstić information content (AvgIpc) is 3.52. The number of aromatic amines is 2. The molecule has 6 rings (SSSR count). The molecule has 0 bridgehead atoms. The molecule has 29 heavy (non-hydrogen) atoms. The van der Waals surface area contributed by atoms with Crippen molar-refractivity contribution in [3.63, 3.8) is 0 Å². The van der Waals surface area contributed by atoms with E-state index in [1.165, 1.54) is 6.33 Å². The molecule has 0 saturated carbocycles. The lowest BCUT2D eigenvalue weighted by Crippen LogP contribution is -1.87. The maximum absolute atomic E-state index is 4.85. The molecule has 0 saturated heterocycles. The summed E-state index contributed by atoms with van der Waals surface area (Å²) in [6.45, 7) is 0. The van der Waals surface area contributed by atoms with Crippen molar-refractivity contribution in [2.24, 2.45) is 0 Å². The van der Waals surface area contributed by atoms with Gasteiger partial charge in [-0.05, 0) is 17.5 Å². The number of pyridine rings is 2. The van der Waals surface area contributed by atoms with Crippen molar-refractivity contribution in [2.75, 3.05) is 0 Å².